The van der Waals surface area contributed by atoms with Crippen LogP contribution in [-0.2, 0) is 4.74 Å². The van der Waals surface area contributed by atoms with Gasteiger partial charge in [0.05, 0.1) is 12.1 Å². The molecule has 2 aromatic carbocycles. The van der Waals surface area contributed by atoms with Crippen molar-refractivity contribution in [2.75, 3.05) is 11.9 Å². The van der Waals surface area contributed by atoms with E-state index in [1.807, 2.05) is 24.3 Å². The Balaban J connectivity index is 1.81. The number of hydrogen-bond acceptors (Lipinski definition) is 2. The van der Waals surface area contributed by atoms with Gasteiger partial charge in [-0.3, -0.25) is 0 Å². The molecule has 1 N–H and O–H groups in total. The van der Waals surface area contributed by atoms with E-state index in [2.05, 4.69) is 5.32 Å². The maximum atomic E-state index is 13.5. The van der Waals surface area contributed by atoms with E-state index in [0.717, 1.165) is 28.3 Å². The summed E-state index contributed by atoms with van der Waals surface area (Å²) in [6.45, 7) is 0.702. The molecule has 0 saturated carbocycles. The Morgan fingerprint density at radius 3 is 2.86 bits per heavy atom. The molecule has 0 aromatic heterocycles. The molecule has 21 heavy (non-hydrogen) atoms. The summed E-state index contributed by atoms with van der Waals surface area (Å²) in [4.78, 5) is 0. The van der Waals surface area contributed by atoms with Crippen molar-refractivity contribution in [1.29, 1.82) is 0 Å². The van der Waals surface area contributed by atoms with Gasteiger partial charge < -0.3 is 10.1 Å². The van der Waals surface area contributed by atoms with E-state index in [1.54, 1.807) is 12.1 Å². The number of hydrogen-bond donors (Lipinski definition) is 1. The first-order valence-corrected chi connectivity index (χ1v) is 7.54. The lowest BCUT2D eigenvalue weighted by Crippen LogP contribution is -2.29. The minimum Gasteiger partial charge on any atom is -0.377 e. The third-order valence-corrected chi connectivity index (χ3v) is 4.78. The van der Waals surface area contributed by atoms with Crippen molar-refractivity contribution >= 4 is 17.3 Å². The highest BCUT2D eigenvalue weighted by molar-refractivity contribution is 6.31. The Hall–Kier alpha value is -1.58. The van der Waals surface area contributed by atoms with Gasteiger partial charge in [-0.25, -0.2) is 4.39 Å². The number of anilines is 1. The van der Waals surface area contributed by atoms with Crippen molar-refractivity contribution in [3.8, 4) is 0 Å². The summed E-state index contributed by atoms with van der Waals surface area (Å²) < 4.78 is 19.4. The Morgan fingerprint density at radius 2 is 2.00 bits per heavy atom. The molecule has 4 heteroatoms. The number of ether oxygens (including phenoxy) is 1. The highest BCUT2D eigenvalue weighted by Crippen LogP contribution is 2.50. The molecule has 0 bridgehead atoms. The summed E-state index contributed by atoms with van der Waals surface area (Å²) in [5, 5.41) is 4.28. The average molecular weight is 304 g/mol. The van der Waals surface area contributed by atoms with Crippen LogP contribution in [0.3, 0.4) is 0 Å². The lowest BCUT2D eigenvalue weighted by atomic mass is 9.81. The van der Waals surface area contributed by atoms with E-state index < -0.39 is 0 Å². The first-order chi connectivity index (χ1) is 10.2. The number of rotatable bonds is 1. The maximum absolute atomic E-state index is 13.5. The van der Waals surface area contributed by atoms with Gasteiger partial charge in [-0.15, -0.1) is 0 Å². The second kappa shape index (κ2) is 5.00. The van der Waals surface area contributed by atoms with Crippen LogP contribution in [0.25, 0.3) is 0 Å². The number of fused-ring (bicyclic) bond motifs is 3. The minimum atomic E-state index is -0.221. The second-order valence-electron chi connectivity index (χ2n) is 5.62. The third-order valence-electron chi connectivity index (χ3n) is 4.44. The predicted molar refractivity (Wildman–Crippen MR) is 81.0 cm³/mol. The fourth-order valence-electron chi connectivity index (χ4n) is 3.48. The van der Waals surface area contributed by atoms with Crippen LogP contribution in [0.2, 0.25) is 5.02 Å². The van der Waals surface area contributed by atoms with Crippen molar-refractivity contribution in [1.82, 2.24) is 0 Å². The van der Waals surface area contributed by atoms with Crippen LogP contribution in [0.1, 0.15) is 29.7 Å². The van der Waals surface area contributed by atoms with Gasteiger partial charge in [-0.1, -0.05) is 29.8 Å². The lowest BCUT2D eigenvalue weighted by molar-refractivity contribution is 0.0827. The monoisotopic (exact) mass is 303 g/mol. The van der Waals surface area contributed by atoms with Gasteiger partial charge in [-0.2, -0.15) is 0 Å². The van der Waals surface area contributed by atoms with Crippen molar-refractivity contribution in [3.63, 3.8) is 0 Å². The molecule has 0 radical (unpaired) electrons. The Bertz CT molecular complexity index is 690. The van der Waals surface area contributed by atoms with E-state index in [9.17, 15) is 4.39 Å². The smallest absolute Gasteiger partial charge is 0.123 e. The standard InChI is InChI=1S/C17H15ClFNO/c18-14-4-2-1-3-11(14)16-12-7-8-21-17(12)13-9-10(19)5-6-15(13)20-16/h1-6,9,12,16-17,20H,7-8H2/t12-,16+,17-/m1/s1. The predicted octanol–water partition coefficient (Wildman–Crippen LogP) is 4.72. The maximum Gasteiger partial charge on any atom is 0.123 e. The summed E-state index contributed by atoms with van der Waals surface area (Å²) in [6.07, 6.45) is 0.891. The molecule has 0 amide bonds. The Kier molecular flexibility index (Phi) is 3.12. The van der Waals surface area contributed by atoms with Gasteiger partial charge in [0.25, 0.3) is 0 Å². The molecule has 2 nitrogen and oxygen atoms in total. The van der Waals surface area contributed by atoms with Crippen LogP contribution < -0.4 is 5.32 Å². The van der Waals surface area contributed by atoms with Gasteiger partial charge in [0.1, 0.15) is 5.82 Å². The van der Waals surface area contributed by atoms with E-state index >= 15 is 0 Å². The van der Waals surface area contributed by atoms with E-state index in [4.69, 9.17) is 16.3 Å². The topological polar surface area (TPSA) is 21.3 Å². The zero-order chi connectivity index (χ0) is 14.4. The van der Waals surface area contributed by atoms with Crippen molar-refractivity contribution in [2.24, 2.45) is 5.92 Å². The lowest BCUT2D eigenvalue weighted by Gasteiger charge is -2.36. The zero-order valence-electron chi connectivity index (χ0n) is 11.4. The summed E-state index contributed by atoms with van der Waals surface area (Å²) in [6, 6.07) is 12.8. The van der Waals surface area contributed by atoms with Gasteiger partial charge in [-0.05, 0) is 36.2 Å². The molecule has 0 spiro atoms. The third kappa shape index (κ3) is 2.12. The Morgan fingerprint density at radius 1 is 1.14 bits per heavy atom. The molecule has 2 aliphatic rings. The van der Waals surface area contributed by atoms with Crippen LogP contribution in [0.5, 0.6) is 0 Å². The van der Waals surface area contributed by atoms with Crippen LogP contribution >= 0.6 is 11.6 Å². The minimum absolute atomic E-state index is 0.0572. The highest BCUT2D eigenvalue weighted by atomic mass is 35.5. The molecule has 0 unspecified atom stereocenters. The molecule has 0 aliphatic carbocycles. The number of benzene rings is 2. The fraction of sp³-hybridized carbons (Fsp3) is 0.294. The Labute approximate surface area is 127 Å². The highest BCUT2D eigenvalue weighted by Gasteiger charge is 2.42. The van der Waals surface area contributed by atoms with Crippen molar-refractivity contribution < 1.29 is 9.13 Å². The largest absolute Gasteiger partial charge is 0.377 e. The summed E-state index contributed by atoms with van der Waals surface area (Å²) >= 11 is 6.36. The molecule has 1 fully saturated rings. The second-order valence-corrected chi connectivity index (χ2v) is 6.03. The molecular weight excluding hydrogens is 289 g/mol. The van der Waals surface area contributed by atoms with Gasteiger partial charge in [0.2, 0.25) is 0 Å². The van der Waals surface area contributed by atoms with Crippen LogP contribution in [0, 0.1) is 11.7 Å². The fourth-order valence-corrected chi connectivity index (χ4v) is 3.73. The molecule has 2 aromatic rings. The summed E-state index contributed by atoms with van der Waals surface area (Å²) in [5.41, 5.74) is 2.93. The molecule has 3 atom stereocenters. The van der Waals surface area contributed by atoms with Crippen molar-refractivity contribution in [3.05, 3.63) is 64.4 Å². The summed E-state index contributed by atoms with van der Waals surface area (Å²) in [5.74, 6) is 0.0557. The molecule has 108 valence electrons. The number of nitrogens with one attached hydrogen (secondary N) is 1. The van der Waals surface area contributed by atoms with Crippen LogP contribution in [0.4, 0.5) is 10.1 Å². The normalized spacial score (nSPS) is 26.9. The zero-order valence-corrected chi connectivity index (χ0v) is 12.1. The molecule has 4 rings (SSSR count). The first-order valence-electron chi connectivity index (χ1n) is 7.16. The average Bonchev–Trinajstić information content (AvgIpc) is 2.97. The van der Waals surface area contributed by atoms with E-state index in [-0.39, 0.29) is 23.9 Å². The first kappa shape index (κ1) is 13.1. The molecule has 2 heterocycles. The quantitative estimate of drug-likeness (QED) is 0.823. The SMILES string of the molecule is Fc1ccc2c(c1)[C@@H]1OCC[C@@H]1[C@H](c1ccccc1Cl)N2. The number of halogens is 2. The van der Waals surface area contributed by atoms with Crippen LogP contribution in [0.15, 0.2) is 42.5 Å². The van der Waals surface area contributed by atoms with Gasteiger partial charge in [0.15, 0.2) is 0 Å². The van der Waals surface area contributed by atoms with E-state index in [1.165, 1.54) is 6.07 Å². The molecule has 1 saturated heterocycles. The summed E-state index contributed by atoms with van der Waals surface area (Å²) in [7, 11) is 0. The molecular formula is C17H15ClFNO. The molecule has 2 aliphatic heterocycles. The van der Waals surface area contributed by atoms with E-state index in [0.29, 0.717) is 6.61 Å². The van der Waals surface area contributed by atoms with Crippen LogP contribution in [-0.4, -0.2) is 6.61 Å². The van der Waals surface area contributed by atoms with Gasteiger partial charge in [0, 0.05) is 28.8 Å². The van der Waals surface area contributed by atoms with Crippen molar-refractivity contribution in [2.45, 2.75) is 18.6 Å². The van der Waals surface area contributed by atoms with Gasteiger partial charge >= 0.3 is 0 Å².